The average Bonchev–Trinajstić information content (AvgIpc) is 2.35. The Kier molecular flexibility index (Phi) is 6.06. The quantitative estimate of drug-likeness (QED) is 0.729. The summed E-state index contributed by atoms with van der Waals surface area (Å²) < 4.78 is 0. The summed E-state index contributed by atoms with van der Waals surface area (Å²) in [6.45, 7) is 8.96. The molecule has 0 aliphatic carbocycles. The minimum Gasteiger partial charge on any atom is -0.375 e. The Morgan fingerprint density at radius 3 is 2.35 bits per heavy atom. The van der Waals surface area contributed by atoms with Crippen molar-refractivity contribution in [2.75, 3.05) is 25.0 Å². The molecule has 2 heteroatoms. The number of benzene rings is 1. The number of hydrogen-bond donors (Lipinski definition) is 1. The summed E-state index contributed by atoms with van der Waals surface area (Å²) in [4.78, 5) is 2.31. The van der Waals surface area contributed by atoms with Gasteiger partial charge >= 0.3 is 0 Å². The van der Waals surface area contributed by atoms with Crippen molar-refractivity contribution in [3.05, 3.63) is 30.3 Å². The van der Waals surface area contributed by atoms with Gasteiger partial charge in [-0.2, -0.15) is 0 Å². The molecule has 0 radical (unpaired) electrons. The zero-order chi connectivity index (χ0) is 12.7. The second-order valence-corrected chi connectivity index (χ2v) is 5.10. The molecule has 1 N–H and O–H groups in total. The molecule has 0 aliphatic rings. The fraction of sp³-hybridized carbons (Fsp3) is 0.600. The zero-order valence-electron chi connectivity index (χ0n) is 11.6. The van der Waals surface area contributed by atoms with Crippen LogP contribution in [-0.4, -0.2) is 26.2 Å². The first-order valence-electron chi connectivity index (χ1n) is 6.61. The van der Waals surface area contributed by atoms with Crippen LogP contribution in [0.25, 0.3) is 0 Å². The van der Waals surface area contributed by atoms with Gasteiger partial charge in [0.25, 0.3) is 0 Å². The Morgan fingerprint density at radius 1 is 1.12 bits per heavy atom. The summed E-state index contributed by atoms with van der Waals surface area (Å²) in [5, 5.41) is 3.56. The number of anilines is 1. The van der Waals surface area contributed by atoms with E-state index in [1.807, 2.05) is 0 Å². The smallest absolute Gasteiger partial charge is 0.0363 e. The van der Waals surface area contributed by atoms with Crippen molar-refractivity contribution >= 4 is 5.69 Å². The van der Waals surface area contributed by atoms with Crippen LogP contribution < -0.4 is 10.2 Å². The molecule has 0 heterocycles. The predicted molar refractivity (Wildman–Crippen MR) is 76.6 cm³/mol. The van der Waals surface area contributed by atoms with Gasteiger partial charge in [-0.25, -0.2) is 0 Å². The van der Waals surface area contributed by atoms with E-state index < -0.39 is 0 Å². The summed E-state index contributed by atoms with van der Waals surface area (Å²) in [5.41, 5.74) is 1.30. The van der Waals surface area contributed by atoms with Gasteiger partial charge < -0.3 is 10.2 Å². The fourth-order valence-corrected chi connectivity index (χ4v) is 1.69. The fourth-order valence-electron chi connectivity index (χ4n) is 1.69. The SMILES string of the molecule is CC(C)C(C)NCCCN(C)c1ccccc1. The highest BCUT2D eigenvalue weighted by molar-refractivity contribution is 5.44. The lowest BCUT2D eigenvalue weighted by atomic mass is 10.1. The molecular weight excluding hydrogens is 208 g/mol. The van der Waals surface area contributed by atoms with Gasteiger partial charge in [-0.1, -0.05) is 32.0 Å². The number of para-hydroxylation sites is 1. The monoisotopic (exact) mass is 234 g/mol. The summed E-state index contributed by atoms with van der Waals surface area (Å²) >= 11 is 0. The van der Waals surface area contributed by atoms with Gasteiger partial charge in [0, 0.05) is 25.3 Å². The van der Waals surface area contributed by atoms with Crippen LogP contribution in [0.4, 0.5) is 5.69 Å². The molecular formula is C15H26N2. The minimum atomic E-state index is 0.608. The molecule has 1 aromatic rings. The third-order valence-electron chi connectivity index (χ3n) is 3.33. The van der Waals surface area contributed by atoms with Crippen LogP contribution in [0, 0.1) is 5.92 Å². The van der Waals surface area contributed by atoms with E-state index in [1.54, 1.807) is 0 Å². The van der Waals surface area contributed by atoms with E-state index in [0.717, 1.165) is 13.1 Å². The number of rotatable bonds is 7. The lowest BCUT2D eigenvalue weighted by molar-refractivity contribution is 0.425. The first-order chi connectivity index (χ1) is 8.11. The topological polar surface area (TPSA) is 15.3 Å². The standard InChI is InChI=1S/C15H26N2/c1-13(2)14(3)16-11-8-12-17(4)15-9-6-5-7-10-15/h5-7,9-10,13-14,16H,8,11-12H2,1-4H3. The lowest BCUT2D eigenvalue weighted by Crippen LogP contribution is -2.33. The highest BCUT2D eigenvalue weighted by Crippen LogP contribution is 2.10. The van der Waals surface area contributed by atoms with Gasteiger partial charge in [0.05, 0.1) is 0 Å². The molecule has 17 heavy (non-hydrogen) atoms. The van der Waals surface area contributed by atoms with Crippen LogP contribution in [0.15, 0.2) is 30.3 Å². The molecule has 0 saturated heterocycles. The molecule has 0 bridgehead atoms. The molecule has 0 saturated carbocycles. The van der Waals surface area contributed by atoms with E-state index in [4.69, 9.17) is 0 Å². The zero-order valence-corrected chi connectivity index (χ0v) is 11.6. The normalized spacial score (nSPS) is 12.8. The molecule has 0 fully saturated rings. The summed E-state index contributed by atoms with van der Waals surface area (Å²) in [6, 6.07) is 11.2. The Hall–Kier alpha value is -1.02. The van der Waals surface area contributed by atoms with Crippen molar-refractivity contribution in [3.63, 3.8) is 0 Å². The molecule has 0 spiro atoms. The molecule has 1 rings (SSSR count). The van der Waals surface area contributed by atoms with Crippen LogP contribution in [0.3, 0.4) is 0 Å². The second kappa shape index (κ2) is 7.33. The first-order valence-corrected chi connectivity index (χ1v) is 6.61. The van der Waals surface area contributed by atoms with E-state index >= 15 is 0 Å². The Bertz CT molecular complexity index is 295. The Balaban J connectivity index is 2.19. The van der Waals surface area contributed by atoms with Gasteiger partial charge in [-0.3, -0.25) is 0 Å². The summed E-state index contributed by atoms with van der Waals surface area (Å²) in [7, 11) is 2.15. The first kappa shape index (κ1) is 14.0. The third kappa shape index (κ3) is 5.22. The number of nitrogens with one attached hydrogen (secondary N) is 1. The van der Waals surface area contributed by atoms with Crippen LogP contribution in [-0.2, 0) is 0 Å². The molecule has 0 aromatic heterocycles. The lowest BCUT2D eigenvalue weighted by Gasteiger charge is -2.21. The van der Waals surface area contributed by atoms with E-state index in [2.05, 4.69) is 68.4 Å². The van der Waals surface area contributed by atoms with Crippen LogP contribution >= 0.6 is 0 Å². The van der Waals surface area contributed by atoms with Gasteiger partial charge in [0.1, 0.15) is 0 Å². The van der Waals surface area contributed by atoms with Gasteiger partial charge in [-0.05, 0) is 37.9 Å². The predicted octanol–water partition coefficient (Wildman–Crippen LogP) is 3.15. The van der Waals surface area contributed by atoms with Crippen molar-refractivity contribution in [3.8, 4) is 0 Å². The molecule has 0 aliphatic heterocycles. The Morgan fingerprint density at radius 2 is 1.76 bits per heavy atom. The number of hydrogen-bond acceptors (Lipinski definition) is 2. The van der Waals surface area contributed by atoms with Crippen molar-refractivity contribution in [2.24, 2.45) is 5.92 Å². The molecule has 96 valence electrons. The van der Waals surface area contributed by atoms with Crippen molar-refractivity contribution in [1.29, 1.82) is 0 Å². The van der Waals surface area contributed by atoms with E-state index in [0.29, 0.717) is 12.0 Å². The van der Waals surface area contributed by atoms with E-state index in [9.17, 15) is 0 Å². The molecule has 1 aromatic carbocycles. The molecule has 1 unspecified atom stereocenters. The largest absolute Gasteiger partial charge is 0.375 e. The summed E-state index contributed by atoms with van der Waals surface area (Å²) in [6.07, 6.45) is 1.18. The van der Waals surface area contributed by atoms with Gasteiger partial charge in [-0.15, -0.1) is 0 Å². The van der Waals surface area contributed by atoms with Crippen molar-refractivity contribution < 1.29 is 0 Å². The van der Waals surface area contributed by atoms with Gasteiger partial charge in [0.2, 0.25) is 0 Å². The van der Waals surface area contributed by atoms with Crippen LogP contribution in [0.1, 0.15) is 27.2 Å². The van der Waals surface area contributed by atoms with Crippen LogP contribution in [0.5, 0.6) is 0 Å². The maximum absolute atomic E-state index is 3.56. The minimum absolute atomic E-state index is 0.608. The van der Waals surface area contributed by atoms with Crippen molar-refractivity contribution in [1.82, 2.24) is 5.32 Å². The molecule has 2 nitrogen and oxygen atoms in total. The Labute approximate surface area is 106 Å². The molecule has 1 atom stereocenters. The van der Waals surface area contributed by atoms with E-state index in [-0.39, 0.29) is 0 Å². The highest BCUT2D eigenvalue weighted by atomic mass is 15.1. The van der Waals surface area contributed by atoms with Crippen LogP contribution in [0.2, 0.25) is 0 Å². The number of nitrogens with zero attached hydrogens (tertiary/aromatic N) is 1. The molecule has 0 amide bonds. The van der Waals surface area contributed by atoms with Crippen molar-refractivity contribution in [2.45, 2.75) is 33.2 Å². The third-order valence-corrected chi connectivity index (χ3v) is 3.33. The maximum Gasteiger partial charge on any atom is 0.0363 e. The van der Waals surface area contributed by atoms with Gasteiger partial charge in [0.15, 0.2) is 0 Å². The second-order valence-electron chi connectivity index (χ2n) is 5.10. The average molecular weight is 234 g/mol. The summed E-state index contributed by atoms with van der Waals surface area (Å²) in [5.74, 6) is 0.710. The highest BCUT2D eigenvalue weighted by Gasteiger charge is 2.05. The van der Waals surface area contributed by atoms with E-state index in [1.165, 1.54) is 12.1 Å². The maximum atomic E-state index is 3.56.